The van der Waals surface area contributed by atoms with Crippen molar-refractivity contribution in [2.45, 2.75) is 6.92 Å². The summed E-state index contributed by atoms with van der Waals surface area (Å²) in [6, 6.07) is 3.29. The van der Waals surface area contributed by atoms with Gasteiger partial charge in [0, 0.05) is 24.7 Å². The van der Waals surface area contributed by atoms with Gasteiger partial charge in [-0.15, -0.1) is 0 Å². The molecule has 0 saturated heterocycles. The highest BCUT2D eigenvalue weighted by molar-refractivity contribution is 6.35. The zero-order chi connectivity index (χ0) is 10.1. The first kappa shape index (κ1) is 9.09. The average Bonchev–Trinajstić information content (AvgIpc) is 2.17. The molecule has 0 aliphatic rings. The van der Waals surface area contributed by atoms with E-state index in [-0.39, 0.29) is 5.78 Å². The summed E-state index contributed by atoms with van der Waals surface area (Å²) in [5.41, 5.74) is 1.08. The Hall–Kier alpha value is -1.48. The predicted molar refractivity (Wildman–Crippen MR) is 54.6 cm³/mol. The maximum absolute atomic E-state index is 11.1. The van der Waals surface area contributed by atoms with Crippen molar-refractivity contribution < 1.29 is 4.79 Å². The lowest BCUT2D eigenvalue weighted by Gasteiger charge is -2.01. The predicted octanol–water partition coefficient (Wildman–Crippen LogP) is 2.49. The Morgan fingerprint density at radius 2 is 2.29 bits per heavy atom. The Kier molecular flexibility index (Phi) is 2.17. The third kappa shape index (κ3) is 1.46. The molecule has 2 rings (SSSR count). The minimum atomic E-state index is -0.0920. The zero-order valence-corrected chi connectivity index (χ0v) is 8.25. The van der Waals surface area contributed by atoms with Gasteiger partial charge in [0.25, 0.3) is 0 Å². The molecule has 0 aliphatic heterocycles. The molecule has 0 aliphatic carbocycles. The number of Topliss-reactive ketones (excluding diaryl/α,β-unsaturated/α-hetero) is 1. The Balaban J connectivity index is 2.78. The minimum absolute atomic E-state index is 0.0920. The molecular weight excluding hydrogens is 200 g/mol. The first-order valence-electron chi connectivity index (χ1n) is 4.09. The van der Waals surface area contributed by atoms with Crippen LogP contribution in [-0.2, 0) is 0 Å². The number of ketones is 1. The molecule has 0 unspecified atom stereocenters. The van der Waals surface area contributed by atoms with E-state index in [1.54, 1.807) is 24.5 Å². The van der Waals surface area contributed by atoms with Gasteiger partial charge in [-0.2, -0.15) is 0 Å². The van der Waals surface area contributed by atoms with E-state index in [0.717, 1.165) is 5.39 Å². The molecule has 3 nitrogen and oxygen atoms in total. The molecule has 2 heterocycles. The van der Waals surface area contributed by atoms with Crippen molar-refractivity contribution in [2.24, 2.45) is 0 Å². The van der Waals surface area contributed by atoms with Crippen molar-refractivity contribution in [3.8, 4) is 0 Å². The molecule has 70 valence electrons. The molecule has 0 aromatic carbocycles. The molecule has 2 aromatic heterocycles. The monoisotopic (exact) mass is 206 g/mol. The van der Waals surface area contributed by atoms with Crippen molar-refractivity contribution in [2.75, 3.05) is 0 Å². The van der Waals surface area contributed by atoms with Gasteiger partial charge < -0.3 is 0 Å². The van der Waals surface area contributed by atoms with Gasteiger partial charge in [0.1, 0.15) is 5.69 Å². The summed E-state index contributed by atoms with van der Waals surface area (Å²) in [6.07, 6.45) is 3.25. The van der Waals surface area contributed by atoms with Crippen molar-refractivity contribution in [3.63, 3.8) is 0 Å². The third-order valence-corrected chi connectivity index (χ3v) is 2.23. The highest BCUT2D eigenvalue weighted by Gasteiger charge is 2.06. The quantitative estimate of drug-likeness (QED) is 0.674. The molecule has 4 heteroatoms. The van der Waals surface area contributed by atoms with E-state index < -0.39 is 0 Å². The fourth-order valence-electron chi connectivity index (χ4n) is 1.21. The molecule has 2 aromatic rings. The molecule has 0 fully saturated rings. The van der Waals surface area contributed by atoms with Crippen LogP contribution in [0.2, 0.25) is 5.02 Å². The van der Waals surface area contributed by atoms with E-state index in [9.17, 15) is 4.79 Å². The summed E-state index contributed by atoms with van der Waals surface area (Å²) in [7, 11) is 0. The number of hydrogen-bond acceptors (Lipinski definition) is 3. The van der Waals surface area contributed by atoms with Crippen LogP contribution < -0.4 is 0 Å². The standard InChI is InChI=1S/C10H7ClN2O/c1-6(14)10-4-8(11)7-5-12-3-2-9(7)13-10/h2-5H,1H3. The molecule has 0 saturated carbocycles. The first-order valence-corrected chi connectivity index (χ1v) is 4.47. The van der Waals surface area contributed by atoms with Crippen molar-refractivity contribution in [1.29, 1.82) is 0 Å². The van der Waals surface area contributed by atoms with E-state index >= 15 is 0 Å². The first-order chi connectivity index (χ1) is 6.68. The fraction of sp³-hybridized carbons (Fsp3) is 0.100. The van der Waals surface area contributed by atoms with Crippen molar-refractivity contribution >= 4 is 28.3 Å². The van der Waals surface area contributed by atoms with Crippen LogP contribution in [0.15, 0.2) is 24.5 Å². The number of pyridine rings is 2. The van der Waals surface area contributed by atoms with Crippen LogP contribution in [0.5, 0.6) is 0 Å². The molecule has 0 radical (unpaired) electrons. The van der Waals surface area contributed by atoms with Crippen LogP contribution in [0, 0.1) is 0 Å². The molecule has 0 spiro atoms. The lowest BCUT2D eigenvalue weighted by atomic mass is 10.2. The van der Waals surface area contributed by atoms with E-state index in [4.69, 9.17) is 11.6 Å². The summed E-state index contributed by atoms with van der Waals surface area (Å²) in [5, 5.41) is 1.27. The Morgan fingerprint density at radius 1 is 1.50 bits per heavy atom. The number of halogens is 1. The second-order valence-electron chi connectivity index (χ2n) is 2.94. The summed E-state index contributed by atoms with van der Waals surface area (Å²) in [4.78, 5) is 19.2. The third-order valence-electron chi connectivity index (χ3n) is 1.92. The van der Waals surface area contributed by atoms with E-state index in [0.29, 0.717) is 16.2 Å². The highest BCUT2D eigenvalue weighted by Crippen LogP contribution is 2.21. The summed E-state index contributed by atoms with van der Waals surface area (Å²) in [5.74, 6) is -0.0920. The van der Waals surface area contributed by atoms with Gasteiger partial charge in [-0.05, 0) is 12.1 Å². The fourth-order valence-corrected chi connectivity index (χ4v) is 1.46. The number of hydrogen-bond donors (Lipinski definition) is 0. The Bertz CT molecular complexity index is 510. The van der Waals surface area contributed by atoms with Gasteiger partial charge in [-0.1, -0.05) is 11.6 Å². The van der Waals surface area contributed by atoms with Crippen LogP contribution in [0.4, 0.5) is 0 Å². The van der Waals surface area contributed by atoms with Crippen LogP contribution in [0.1, 0.15) is 17.4 Å². The number of carbonyl (C=O) groups excluding carboxylic acids is 1. The van der Waals surface area contributed by atoms with Crippen LogP contribution in [0.25, 0.3) is 10.9 Å². The second-order valence-corrected chi connectivity index (χ2v) is 3.35. The van der Waals surface area contributed by atoms with Gasteiger partial charge in [-0.25, -0.2) is 4.98 Å². The van der Waals surface area contributed by atoms with Crippen LogP contribution in [0.3, 0.4) is 0 Å². The average molecular weight is 207 g/mol. The Morgan fingerprint density at radius 3 is 3.00 bits per heavy atom. The number of fused-ring (bicyclic) bond motifs is 1. The zero-order valence-electron chi connectivity index (χ0n) is 7.49. The van der Waals surface area contributed by atoms with E-state index in [1.165, 1.54) is 6.92 Å². The molecular formula is C10H7ClN2O. The molecule has 0 bridgehead atoms. The minimum Gasteiger partial charge on any atom is -0.293 e. The number of carbonyl (C=O) groups is 1. The summed E-state index contributed by atoms with van der Waals surface area (Å²) >= 11 is 5.97. The van der Waals surface area contributed by atoms with E-state index in [1.807, 2.05) is 0 Å². The van der Waals surface area contributed by atoms with Gasteiger partial charge in [0.05, 0.1) is 10.5 Å². The summed E-state index contributed by atoms with van der Waals surface area (Å²) in [6.45, 7) is 1.46. The maximum atomic E-state index is 11.1. The largest absolute Gasteiger partial charge is 0.293 e. The highest BCUT2D eigenvalue weighted by atomic mass is 35.5. The Labute approximate surface area is 85.7 Å². The van der Waals surface area contributed by atoms with Gasteiger partial charge >= 0.3 is 0 Å². The lowest BCUT2D eigenvalue weighted by Crippen LogP contribution is -1.97. The molecule has 0 amide bonds. The number of nitrogens with zero attached hydrogens (tertiary/aromatic N) is 2. The second kappa shape index (κ2) is 3.35. The van der Waals surface area contributed by atoms with Crippen LogP contribution in [-0.4, -0.2) is 15.8 Å². The SMILES string of the molecule is CC(=O)c1cc(Cl)c2cnccc2n1. The van der Waals surface area contributed by atoms with Gasteiger partial charge in [-0.3, -0.25) is 9.78 Å². The van der Waals surface area contributed by atoms with Gasteiger partial charge in [0.15, 0.2) is 5.78 Å². The van der Waals surface area contributed by atoms with Gasteiger partial charge in [0.2, 0.25) is 0 Å². The van der Waals surface area contributed by atoms with Crippen molar-refractivity contribution in [1.82, 2.24) is 9.97 Å². The molecule has 0 atom stereocenters. The lowest BCUT2D eigenvalue weighted by molar-refractivity contribution is 0.101. The molecule has 14 heavy (non-hydrogen) atoms. The molecule has 0 N–H and O–H groups in total. The number of aromatic nitrogens is 2. The maximum Gasteiger partial charge on any atom is 0.178 e. The normalized spacial score (nSPS) is 10.4. The van der Waals surface area contributed by atoms with Crippen LogP contribution >= 0.6 is 11.6 Å². The smallest absolute Gasteiger partial charge is 0.178 e. The van der Waals surface area contributed by atoms with Crippen molar-refractivity contribution in [3.05, 3.63) is 35.2 Å². The summed E-state index contributed by atoms with van der Waals surface area (Å²) < 4.78 is 0. The topological polar surface area (TPSA) is 42.9 Å². The number of rotatable bonds is 1. The van der Waals surface area contributed by atoms with E-state index in [2.05, 4.69) is 9.97 Å².